The lowest BCUT2D eigenvalue weighted by molar-refractivity contribution is 0.0746. The lowest BCUT2D eigenvalue weighted by Crippen LogP contribution is -2.30. The number of carbonyl (C=O) groups excluding carboxylic acids is 1. The Morgan fingerprint density at radius 1 is 1.15 bits per heavy atom. The molecule has 0 atom stereocenters. The SMILES string of the molecule is CCN(Cc1ccncc1)C(=O)c1c(O)cccc1O. The molecule has 0 spiro atoms. The van der Waals surface area contributed by atoms with E-state index in [0.717, 1.165) is 5.56 Å². The molecule has 1 aromatic heterocycles. The fraction of sp³-hybridized carbons (Fsp3) is 0.200. The summed E-state index contributed by atoms with van der Waals surface area (Å²) in [4.78, 5) is 17.9. The number of amides is 1. The van der Waals surface area contributed by atoms with Gasteiger partial charge in [0.1, 0.15) is 17.1 Å². The number of pyridine rings is 1. The van der Waals surface area contributed by atoms with Gasteiger partial charge in [-0.25, -0.2) is 0 Å². The molecule has 1 heterocycles. The summed E-state index contributed by atoms with van der Waals surface area (Å²) in [5.41, 5.74) is 0.869. The average Bonchev–Trinajstić information content (AvgIpc) is 2.45. The predicted molar refractivity (Wildman–Crippen MR) is 74.4 cm³/mol. The van der Waals surface area contributed by atoms with Crippen molar-refractivity contribution in [1.82, 2.24) is 9.88 Å². The van der Waals surface area contributed by atoms with Crippen molar-refractivity contribution < 1.29 is 15.0 Å². The second-order valence-corrected chi connectivity index (χ2v) is 4.35. The summed E-state index contributed by atoms with van der Waals surface area (Å²) in [6.45, 7) is 2.71. The molecule has 0 aliphatic rings. The maximum Gasteiger partial charge on any atom is 0.261 e. The Labute approximate surface area is 117 Å². The highest BCUT2D eigenvalue weighted by molar-refractivity contribution is 5.99. The molecule has 0 radical (unpaired) electrons. The summed E-state index contributed by atoms with van der Waals surface area (Å²) in [5, 5.41) is 19.5. The van der Waals surface area contributed by atoms with Gasteiger partial charge in [0.25, 0.3) is 5.91 Å². The molecule has 2 aromatic rings. The Morgan fingerprint density at radius 3 is 2.30 bits per heavy atom. The molecular weight excluding hydrogens is 256 g/mol. The third kappa shape index (κ3) is 2.88. The van der Waals surface area contributed by atoms with Crippen LogP contribution in [0.15, 0.2) is 42.7 Å². The highest BCUT2D eigenvalue weighted by Gasteiger charge is 2.21. The van der Waals surface area contributed by atoms with Crippen LogP contribution in [0.2, 0.25) is 0 Å². The molecule has 0 aliphatic carbocycles. The standard InChI is InChI=1S/C15H16N2O3/c1-2-17(10-11-6-8-16-9-7-11)15(20)14-12(18)4-3-5-13(14)19/h3-9,18-19H,2,10H2,1H3. The summed E-state index contributed by atoms with van der Waals surface area (Å²) in [6.07, 6.45) is 3.32. The van der Waals surface area contributed by atoms with Gasteiger partial charge < -0.3 is 15.1 Å². The maximum absolute atomic E-state index is 12.4. The van der Waals surface area contributed by atoms with Crippen LogP contribution >= 0.6 is 0 Å². The topological polar surface area (TPSA) is 73.7 Å². The molecule has 20 heavy (non-hydrogen) atoms. The van der Waals surface area contributed by atoms with Crippen molar-refractivity contribution in [3.8, 4) is 11.5 Å². The Hall–Kier alpha value is -2.56. The van der Waals surface area contributed by atoms with E-state index in [0.29, 0.717) is 13.1 Å². The predicted octanol–water partition coefficient (Wildman–Crippen LogP) is 2.16. The number of aromatic hydroxyl groups is 2. The summed E-state index contributed by atoms with van der Waals surface area (Å²) < 4.78 is 0. The monoisotopic (exact) mass is 272 g/mol. The van der Waals surface area contributed by atoms with Crippen LogP contribution in [0.3, 0.4) is 0 Å². The molecule has 2 N–H and O–H groups in total. The summed E-state index contributed by atoms with van der Waals surface area (Å²) >= 11 is 0. The Bertz CT molecular complexity index is 579. The van der Waals surface area contributed by atoms with Crippen LogP contribution in [-0.2, 0) is 6.54 Å². The summed E-state index contributed by atoms with van der Waals surface area (Å²) in [5.74, 6) is -0.841. The molecule has 0 saturated heterocycles. The normalized spacial score (nSPS) is 10.2. The largest absolute Gasteiger partial charge is 0.507 e. The molecule has 5 heteroatoms. The molecule has 5 nitrogen and oxygen atoms in total. The van der Waals surface area contributed by atoms with E-state index in [2.05, 4.69) is 4.98 Å². The smallest absolute Gasteiger partial charge is 0.261 e. The van der Waals surface area contributed by atoms with E-state index in [1.807, 2.05) is 19.1 Å². The first kappa shape index (κ1) is 13.9. The van der Waals surface area contributed by atoms with E-state index in [-0.39, 0.29) is 17.1 Å². The number of nitrogens with zero attached hydrogens (tertiary/aromatic N) is 2. The minimum absolute atomic E-state index is 0.0663. The van der Waals surface area contributed by atoms with Gasteiger partial charge in [-0.2, -0.15) is 0 Å². The molecule has 0 aliphatic heterocycles. The number of hydrogen-bond donors (Lipinski definition) is 2. The number of phenols is 2. The van der Waals surface area contributed by atoms with E-state index in [1.54, 1.807) is 17.3 Å². The zero-order chi connectivity index (χ0) is 14.5. The fourth-order valence-electron chi connectivity index (χ4n) is 1.94. The van der Waals surface area contributed by atoms with Gasteiger partial charge in [0.05, 0.1) is 0 Å². The number of aromatic nitrogens is 1. The molecule has 2 rings (SSSR count). The van der Waals surface area contributed by atoms with Gasteiger partial charge in [-0.1, -0.05) is 6.07 Å². The van der Waals surface area contributed by atoms with Crippen molar-refractivity contribution >= 4 is 5.91 Å². The van der Waals surface area contributed by atoms with Crippen molar-refractivity contribution in [2.24, 2.45) is 0 Å². The second kappa shape index (κ2) is 6.06. The summed E-state index contributed by atoms with van der Waals surface area (Å²) in [7, 11) is 0. The Morgan fingerprint density at radius 2 is 1.75 bits per heavy atom. The van der Waals surface area contributed by atoms with Crippen molar-refractivity contribution in [3.63, 3.8) is 0 Å². The van der Waals surface area contributed by atoms with Crippen molar-refractivity contribution in [2.45, 2.75) is 13.5 Å². The quantitative estimate of drug-likeness (QED) is 0.894. The van der Waals surface area contributed by atoms with Crippen LogP contribution in [0.4, 0.5) is 0 Å². The fourth-order valence-corrected chi connectivity index (χ4v) is 1.94. The molecule has 0 saturated carbocycles. The van der Waals surface area contributed by atoms with E-state index in [4.69, 9.17) is 0 Å². The number of benzene rings is 1. The van der Waals surface area contributed by atoms with Crippen LogP contribution in [0.1, 0.15) is 22.8 Å². The first-order valence-electron chi connectivity index (χ1n) is 6.32. The Balaban J connectivity index is 2.26. The zero-order valence-corrected chi connectivity index (χ0v) is 11.2. The van der Waals surface area contributed by atoms with E-state index in [9.17, 15) is 15.0 Å². The third-order valence-electron chi connectivity index (χ3n) is 3.03. The highest BCUT2D eigenvalue weighted by atomic mass is 16.3. The highest BCUT2D eigenvalue weighted by Crippen LogP contribution is 2.28. The van der Waals surface area contributed by atoms with Gasteiger partial charge in [0.15, 0.2) is 0 Å². The van der Waals surface area contributed by atoms with Crippen LogP contribution < -0.4 is 0 Å². The molecule has 0 bridgehead atoms. The molecule has 0 unspecified atom stereocenters. The molecule has 0 fully saturated rings. The van der Waals surface area contributed by atoms with E-state index >= 15 is 0 Å². The summed E-state index contributed by atoms with van der Waals surface area (Å²) in [6, 6.07) is 7.89. The maximum atomic E-state index is 12.4. The van der Waals surface area contributed by atoms with Gasteiger partial charge >= 0.3 is 0 Å². The van der Waals surface area contributed by atoms with E-state index in [1.165, 1.54) is 18.2 Å². The second-order valence-electron chi connectivity index (χ2n) is 4.35. The van der Waals surface area contributed by atoms with Gasteiger partial charge in [-0.15, -0.1) is 0 Å². The number of phenolic OH excluding ortho intramolecular Hbond substituents is 2. The van der Waals surface area contributed by atoms with Gasteiger partial charge in [-0.05, 0) is 36.8 Å². The van der Waals surface area contributed by atoms with Crippen LogP contribution in [-0.4, -0.2) is 32.5 Å². The van der Waals surface area contributed by atoms with Crippen molar-refractivity contribution in [3.05, 3.63) is 53.9 Å². The molecule has 1 aromatic carbocycles. The van der Waals surface area contributed by atoms with E-state index < -0.39 is 5.91 Å². The van der Waals surface area contributed by atoms with Gasteiger partial charge in [0.2, 0.25) is 0 Å². The Kier molecular flexibility index (Phi) is 4.20. The van der Waals surface area contributed by atoms with Gasteiger partial charge in [0, 0.05) is 25.5 Å². The molecular formula is C15H16N2O3. The van der Waals surface area contributed by atoms with Crippen LogP contribution in [0.25, 0.3) is 0 Å². The van der Waals surface area contributed by atoms with Crippen LogP contribution in [0, 0.1) is 0 Å². The molecule has 104 valence electrons. The van der Waals surface area contributed by atoms with Crippen molar-refractivity contribution in [2.75, 3.05) is 6.54 Å². The third-order valence-corrected chi connectivity index (χ3v) is 3.03. The van der Waals surface area contributed by atoms with Crippen molar-refractivity contribution in [1.29, 1.82) is 0 Å². The number of hydrogen-bond acceptors (Lipinski definition) is 4. The number of rotatable bonds is 4. The lowest BCUT2D eigenvalue weighted by atomic mass is 10.1. The zero-order valence-electron chi connectivity index (χ0n) is 11.2. The minimum atomic E-state index is -0.403. The van der Waals surface area contributed by atoms with Gasteiger partial charge in [-0.3, -0.25) is 9.78 Å². The first-order chi connectivity index (χ1) is 9.63. The number of carbonyl (C=O) groups is 1. The lowest BCUT2D eigenvalue weighted by Gasteiger charge is -2.21. The first-order valence-corrected chi connectivity index (χ1v) is 6.32. The average molecular weight is 272 g/mol. The minimum Gasteiger partial charge on any atom is -0.507 e. The van der Waals surface area contributed by atoms with Crippen LogP contribution in [0.5, 0.6) is 11.5 Å². The molecule has 1 amide bonds.